The Hall–Kier alpha value is -1.23. The summed E-state index contributed by atoms with van der Waals surface area (Å²) in [4.78, 5) is 4.39. The van der Waals surface area contributed by atoms with Crippen molar-refractivity contribution in [3.05, 3.63) is 44.8 Å². The van der Waals surface area contributed by atoms with Crippen molar-refractivity contribution in [2.75, 3.05) is 5.73 Å². The van der Waals surface area contributed by atoms with Gasteiger partial charge in [0.1, 0.15) is 5.52 Å². The lowest BCUT2D eigenvalue weighted by Crippen LogP contribution is -1.84. The molecular weight excluding hydrogens is 351 g/mol. The Kier molecular flexibility index (Phi) is 3.17. The monoisotopic (exact) mass is 356 g/mol. The summed E-state index contributed by atoms with van der Waals surface area (Å²) in [6.07, 6.45) is 0. The summed E-state index contributed by atoms with van der Waals surface area (Å²) < 4.78 is 6.52. The van der Waals surface area contributed by atoms with Crippen molar-refractivity contribution < 1.29 is 4.42 Å². The number of hydrogen-bond acceptors (Lipinski definition) is 3. The van der Waals surface area contributed by atoms with E-state index in [0.717, 1.165) is 4.47 Å². The normalized spacial score (nSPS) is 11.1. The summed E-state index contributed by atoms with van der Waals surface area (Å²) in [5, 5.41) is 0.865. The van der Waals surface area contributed by atoms with Crippen LogP contribution in [-0.4, -0.2) is 4.98 Å². The number of benzene rings is 2. The van der Waals surface area contributed by atoms with Gasteiger partial charge in [-0.25, -0.2) is 4.98 Å². The number of hydrogen-bond donors (Lipinski definition) is 1. The molecule has 0 radical (unpaired) electrons. The average molecular weight is 358 g/mol. The summed E-state index contributed by atoms with van der Waals surface area (Å²) in [5.41, 5.74) is 8.25. The van der Waals surface area contributed by atoms with Crippen LogP contribution in [0.25, 0.3) is 22.6 Å². The summed E-state index contributed by atoms with van der Waals surface area (Å²) >= 11 is 15.5. The third kappa shape index (κ3) is 2.20. The molecule has 0 amide bonds. The van der Waals surface area contributed by atoms with E-state index in [4.69, 9.17) is 33.4 Å². The Morgan fingerprint density at radius 2 is 2.00 bits per heavy atom. The van der Waals surface area contributed by atoms with Crippen LogP contribution in [0.15, 0.2) is 39.2 Å². The lowest BCUT2D eigenvalue weighted by molar-refractivity contribution is 0.621. The van der Waals surface area contributed by atoms with Crippen molar-refractivity contribution in [1.82, 2.24) is 4.98 Å². The standard InChI is InChI=1S/C13H7BrCl2N2O/c14-6-4-9(17)12-10(5-6)18-13(19-12)7-2-1-3-8(15)11(7)16/h1-5H,17H2. The molecule has 0 saturated carbocycles. The maximum Gasteiger partial charge on any atom is 0.228 e. The SMILES string of the molecule is Nc1cc(Br)cc2nc(-c3cccc(Cl)c3Cl)oc12. The van der Waals surface area contributed by atoms with E-state index in [1.807, 2.05) is 6.07 Å². The molecule has 0 aliphatic rings. The van der Waals surface area contributed by atoms with E-state index >= 15 is 0 Å². The number of nitrogens with two attached hydrogens (primary N) is 1. The highest BCUT2D eigenvalue weighted by molar-refractivity contribution is 9.10. The predicted molar refractivity (Wildman–Crippen MR) is 81.6 cm³/mol. The third-order valence-corrected chi connectivity index (χ3v) is 3.94. The number of oxazole rings is 1. The number of rotatable bonds is 1. The topological polar surface area (TPSA) is 52.0 Å². The maximum atomic E-state index is 6.15. The van der Waals surface area contributed by atoms with Crippen LogP contribution in [0.2, 0.25) is 10.0 Å². The van der Waals surface area contributed by atoms with Crippen LogP contribution in [0.5, 0.6) is 0 Å². The second kappa shape index (κ2) is 4.71. The molecule has 3 aromatic rings. The Morgan fingerprint density at radius 3 is 2.79 bits per heavy atom. The van der Waals surface area contributed by atoms with Gasteiger partial charge >= 0.3 is 0 Å². The number of nitrogens with zero attached hydrogens (tertiary/aromatic N) is 1. The van der Waals surface area contributed by atoms with Crippen molar-refractivity contribution in [1.29, 1.82) is 0 Å². The molecular formula is C13H7BrCl2N2O. The molecule has 6 heteroatoms. The van der Waals surface area contributed by atoms with E-state index in [-0.39, 0.29) is 0 Å². The van der Waals surface area contributed by atoms with Gasteiger partial charge in [0.15, 0.2) is 5.58 Å². The van der Waals surface area contributed by atoms with E-state index in [0.29, 0.717) is 38.3 Å². The number of anilines is 1. The van der Waals surface area contributed by atoms with Gasteiger partial charge in [0.05, 0.1) is 21.3 Å². The first-order valence-corrected chi connectivity index (χ1v) is 6.91. The van der Waals surface area contributed by atoms with Crippen molar-refractivity contribution in [3.63, 3.8) is 0 Å². The van der Waals surface area contributed by atoms with Gasteiger partial charge in [-0.15, -0.1) is 0 Å². The van der Waals surface area contributed by atoms with Gasteiger partial charge in [0.2, 0.25) is 5.89 Å². The molecule has 0 atom stereocenters. The van der Waals surface area contributed by atoms with Gasteiger partial charge in [-0.3, -0.25) is 0 Å². The number of aromatic nitrogens is 1. The van der Waals surface area contributed by atoms with Crippen molar-refractivity contribution in [2.45, 2.75) is 0 Å². The van der Waals surface area contributed by atoms with Crippen LogP contribution in [-0.2, 0) is 0 Å². The van der Waals surface area contributed by atoms with E-state index in [9.17, 15) is 0 Å². The van der Waals surface area contributed by atoms with Gasteiger partial charge < -0.3 is 10.2 Å². The lowest BCUT2D eigenvalue weighted by atomic mass is 10.2. The van der Waals surface area contributed by atoms with Crippen molar-refractivity contribution in [2.24, 2.45) is 0 Å². The lowest BCUT2D eigenvalue weighted by Gasteiger charge is -2.00. The van der Waals surface area contributed by atoms with Gasteiger partial charge in [0.25, 0.3) is 0 Å². The van der Waals surface area contributed by atoms with E-state index in [1.165, 1.54) is 0 Å². The summed E-state index contributed by atoms with van der Waals surface area (Å²) in [5.74, 6) is 0.396. The predicted octanol–water partition coefficient (Wildman–Crippen LogP) is 5.15. The molecule has 0 bridgehead atoms. The van der Waals surface area contributed by atoms with Crippen LogP contribution >= 0.6 is 39.1 Å². The molecule has 0 saturated heterocycles. The van der Waals surface area contributed by atoms with Crippen LogP contribution < -0.4 is 5.73 Å². The molecule has 19 heavy (non-hydrogen) atoms. The quantitative estimate of drug-likeness (QED) is 0.613. The Bertz CT molecular complexity index is 786. The molecule has 0 spiro atoms. The molecule has 96 valence electrons. The largest absolute Gasteiger partial charge is 0.434 e. The molecule has 1 aromatic heterocycles. The maximum absolute atomic E-state index is 6.15. The van der Waals surface area contributed by atoms with Gasteiger partial charge in [-0.1, -0.05) is 45.2 Å². The Balaban J connectivity index is 2.26. The first-order chi connectivity index (χ1) is 9.06. The third-order valence-electron chi connectivity index (χ3n) is 2.67. The van der Waals surface area contributed by atoms with Crippen LogP contribution in [0.1, 0.15) is 0 Å². The molecule has 2 N–H and O–H groups in total. The zero-order chi connectivity index (χ0) is 13.6. The number of halogens is 3. The van der Waals surface area contributed by atoms with Crippen molar-refractivity contribution in [3.8, 4) is 11.5 Å². The van der Waals surface area contributed by atoms with E-state index in [1.54, 1.807) is 24.3 Å². The summed E-state index contributed by atoms with van der Waals surface area (Å²) in [7, 11) is 0. The van der Waals surface area contributed by atoms with Gasteiger partial charge in [-0.2, -0.15) is 0 Å². The van der Waals surface area contributed by atoms with E-state index in [2.05, 4.69) is 20.9 Å². The fraction of sp³-hybridized carbons (Fsp3) is 0. The molecule has 0 unspecified atom stereocenters. The number of fused-ring (bicyclic) bond motifs is 1. The van der Waals surface area contributed by atoms with Gasteiger partial charge in [0, 0.05) is 4.47 Å². The second-order valence-corrected chi connectivity index (χ2v) is 5.66. The molecule has 3 rings (SSSR count). The highest BCUT2D eigenvalue weighted by Gasteiger charge is 2.15. The highest BCUT2D eigenvalue weighted by atomic mass is 79.9. The zero-order valence-electron chi connectivity index (χ0n) is 9.45. The molecule has 0 aliphatic heterocycles. The minimum Gasteiger partial charge on any atom is -0.434 e. The minimum atomic E-state index is 0.396. The first kappa shape index (κ1) is 12.8. The average Bonchev–Trinajstić information content (AvgIpc) is 2.76. The Morgan fingerprint density at radius 1 is 1.21 bits per heavy atom. The highest BCUT2D eigenvalue weighted by Crippen LogP contribution is 2.36. The first-order valence-electron chi connectivity index (χ1n) is 5.36. The summed E-state index contributed by atoms with van der Waals surface area (Å²) in [6, 6.07) is 8.89. The van der Waals surface area contributed by atoms with Crippen LogP contribution in [0.4, 0.5) is 5.69 Å². The minimum absolute atomic E-state index is 0.396. The molecule has 1 heterocycles. The smallest absolute Gasteiger partial charge is 0.228 e. The Labute approximate surface area is 127 Å². The molecule has 0 aliphatic carbocycles. The van der Waals surface area contributed by atoms with Gasteiger partial charge in [-0.05, 0) is 24.3 Å². The fourth-order valence-corrected chi connectivity index (χ4v) is 2.65. The van der Waals surface area contributed by atoms with Crippen LogP contribution in [0, 0.1) is 0 Å². The number of nitrogen functional groups attached to an aromatic ring is 1. The summed E-state index contributed by atoms with van der Waals surface area (Å²) in [6.45, 7) is 0. The molecule has 3 nitrogen and oxygen atoms in total. The van der Waals surface area contributed by atoms with Crippen LogP contribution in [0.3, 0.4) is 0 Å². The van der Waals surface area contributed by atoms with E-state index < -0.39 is 0 Å². The molecule has 0 fully saturated rings. The zero-order valence-corrected chi connectivity index (χ0v) is 12.6. The van der Waals surface area contributed by atoms with Crippen molar-refractivity contribution >= 4 is 55.9 Å². The fourth-order valence-electron chi connectivity index (χ4n) is 1.81. The second-order valence-electron chi connectivity index (χ2n) is 3.96. The molecule has 2 aromatic carbocycles.